The maximum atomic E-state index is 5.97. The van der Waals surface area contributed by atoms with Gasteiger partial charge in [0, 0.05) is 18.8 Å². The molecule has 0 saturated heterocycles. The van der Waals surface area contributed by atoms with E-state index in [1.54, 1.807) is 6.20 Å². The van der Waals surface area contributed by atoms with Gasteiger partial charge in [-0.15, -0.1) is 0 Å². The topological polar surface area (TPSA) is 24.9 Å². The molecule has 2 aromatic rings. The molecule has 0 aliphatic rings. The van der Waals surface area contributed by atoms with Gasteiger partial charge in [-0.1, -0.05) is 35.3 Å². The molecule has 0 bridgehead atoms. The minimum absolute atomic E-state index is 0.195. The van der Waals surface area contributed by atoms with Gasteiger partial charge < -0.3 is 5.32 Å². The third-order valence-corrected chi connectivity index (χ3v) is 3.47. The van der Waals surface area contributed by atoms with Crippen molar-refractivity contribution in [2.75, 3.05) is 0 Å². The molecule has 18 heavy (non-hydrogen) atoms. The number of benzene rings is 1. The number of rotatable bonds is 4. The van der Waals surface area contributed by atoms with Gasteiger partial charge >= 0.3 is 0 Å². The normalized spacial score (nSPS) is 12.4. The Kier molecular flexibility index (Phi) is 4.59. The highest BCUT2D eigenvalue weighted by Gasteiger charge is 2.06. The molecule has 0 saturated carbocycles. The summed E-state index contributed by atoms with van der Waals surface area (Å²) in [4.78, 5) is 4.31. The predicted molar refractivity (Wildman–Crippen MR) is 76.0 cm³/mol. The number of hydrogen-bond acceptors (Lipinski definition) is 2. The van der Waals surface area contributed by atoms with Crippen LogP contribution in [0.3, 0.4) is 0 Å². The zero-order valence-electron chi connectivity index (χ0n) is 10.0. The Balaban J connectivity index is 1.97. The van der Waals surface area contributed by atoms with Crippen LogP contribution in [-0.2, 0) is 6.54 Å². The van der Waals surface area contributed by atoms with Crippen molar-refractivity contribution in [3.8, 4) is 0 Å². The van der Waals surface area contributed by atoms with Gasteiger partial charge in [0.25, 0.3) is 0 Å². The molecule has 1 aromatic heterocycles. The average Bonchev–Trinajstić information content (AvgIpc) is 2.41. The molecule has 1 N–H and O–H groups in total. The van der Waals surface area contributed by atoms with Crippen LogP contribution in [0.4, 0.5) is 0 Å². The Labute approximate surface area is 117 Å². The molecule has 0 fully saturated rings. The maximum absolute atomic E-state index is 5.97. The molecular weight excluding hydrogens is 267 g/mol. The monoisotopic (exact) mass is 280 g/mol. The molecule has 0 radical (unpaired) electrons. The van der Waals surface area contributed by atoms with Crippen LogP contribution in [0.25, 0.3) is 0 Å². The minimum Gasteiger partial charge on any atom is -0.305 e. The lowest BCUT2D eigenvalue weighted by Gasteiger charge is -2.13. The van der Waals surface area contributed by atoms with E-state index < -0.39 is 0 Å². The fourth-order valence-electron chi connectivity index (χ4n) is 1.66. The van der Waals surface area contributed by atoms with E-state index in [1.807, 2.05) is 36.4 Å². The Morgan fingerprint density at radius 1 is 1.17 bits per heavy atom. The van der Waals surface area contributed by atoms with Gasteiger partial charge in [-0.05, 0) is 36.8 Å². The molecular formula is C14H14Cl2N2. The molecule has 1 heterocycles. The van der Waals surface area contributed by atoms with Gasteiger partial charge in [0.2, 0.25) is 0 Å². The molecule has 0 spiro atoms. The van der Waals surface area contributed by atoms with Crippen LogP contribution >= 0.6 is 23.2 Å². The smallest absolute Gasteiger partial charge is 0.0595 e. The van der Waals surface area contributed by atoms with E-state index in [4.69, 9.17) is 23.2 Å². The molecule has 1 aromatic carbocycles. The number of nitrogens with zero attached hydrogens (tertiary/aromatic N) is 1. The first-order chi connectivity index (χ1) is 8.66. The molecule has 1 atom stereocenters. The van der Waals surface area contributed by atoms with E-state index in [1.165, 1.54) is 0 Å². The van der Waals surface area contributed by atoms with Crippen molar-refractivity contribution >= 4 is 23.2 Å². The zero-order valence-corrected chi connectivity index (χ0v) is 11.5. The van der Waals surface area contributed by atoms with Gasteiger partial charge in [-0.25, -0.2) is 0 Å². The summed E-state index contributed by atoms with van der Waals surface area (Å²) in [6.45, 7) is 2.81. The summed E-state index contributed by atoms with van der Waals surface area (Å²) in [6.07, 6.45) is 1.80. The Morgan fingerprint density at radius 2 is 2.00 bits per heavy atom. The first-order valence-electron chi connectivity index (χ1n) is 5.75. The van der Waals surface area contributed by atoms with Crippen LogP contribution in [0.5, 0.6) is 0 Å². The highest BCUT2D eigenvalue weighted by Crippen LogP contribution is 2.22. The summed E-state index contributed by atoms with van der Waals surface area (Å²) in [5.41, 5.74) is 2.13. The van der Waals surface area contributed by atoms with Crippen molar-refractivity contribution in [2.24, 2.45) is 0 Å². The summed E-state index contributed by atoms with van der Waals surface area (Å²) in [7, 11) is 0. The summed E-state index contributed by atoms with van der Waals surface area (Å²) in [5, 5.41) is 4.56. The second-order valence-corrected chi connectivity index (χ2v) is 4.92. The van der Waals surface area contributed by atoms with Gasteiger partial charge in [0.1, 0.15) is 0 Å². The lowest BCUT2D eigenvalue weighted by Crippen LogP contribution is -2.18. The predicted octanol–water partition coefficient (Wildman–Crippen LogP) is 4.24. The summed E-state index contributed by atoms with van der Waals surface area (Å²) >= 11 is 11.9. The molecule has 0 unspecified atom stereocenters. The van der Waals surface area contributed by atoms with Gasteiger partial charge in [0.15, 0.2) is 0 Å². The van der Waals surface area contributed by atoms with Crippen molar-refractivity contribution in [1.29, 1.82) is 0 Å². The number of aromatic nitrogens is 1. The minimum atomic E-state index is 0.195. The second kappa shape index (κ2) is 6.19. The van der Waals surface area contributed by atoms with Gasteiger partial charge in [0.05, 0.1) is 15.7 Å². The van der Waals surface area contributed by atoms with Crippen molar-refractivity contribution in [3.05, 3.63) is 63.9 Å². The first-order valence-corrected chi connectivity index (χ1v) is 6.50. The quantitative estimate of drug-likeness (QED) is 0.906. The number of nitrogens with one attached hydrogen (secondary N) is 1. The molecule has 2 rings (SSSR count). The standard InChI is InChI=1S/C14H14Cl2N2/c1-10(14-4-2-3-7-17-14)18-9-11-5-6-12(15)13(16)8-11/h2-8,10,18H,9H2,1H3/t10-/m0/s1. The number of hydrogen-bond donors (Lipinski definition) is 1. The van der Waals surface area contributed by atoms with Gasteiger partial charge in [-0.3, -0.25) is 4.98 Å². The fourth-order valence-corrected chi connectivity index (χ4v) is 1.98. The van der Waals surface area contributed by atoms with Crippen molar-refractivity contribution in [3.63, 3.8) is 0 Å². The Morgan fingerprint density at radius 3 is 2.67 bits per heavy atom. The van der Waals surface area contributed by atoms with Gasteiger partial charge in [-0.2, -0.15) is 0 Å². The maximum Gasteiger partial charge on any atom is 0.0595 e. The third kappa shape index (κ3) is 3.45. The number of pyridine rings is 1. The third-order valence-electron chi connectivity index (χ3n) is 2.73. The highest BCUT2D eigenvalue weighted by molar-refractivity contribution is 6.42. The molecule has 0 aliphatic heterocycles. The SMILES string of the molecule is C[C@H](NCc1ccc(Cl)c(Cl)c1)c1ccccn1. The van der Waals surface area contributed by atoms with E-state index in [-0.39, 0.29) is 6.04 Å². The highest BCUT2D eigenvalue weighted by atomic mass is 35.5. The second-order valence-electron chi connectivity index (χ2n) is 4.11. The summed E-state index contributed by atoms with van der Waals surface area (Å²) in [5.74, 6) is 0. The molecule has 0 amide bonds. The van der Waals surface area contributed by atoms with Crippen molar-refractivity contribution in [1.82, 2.24) is 10.3 Å². The van der Waals surface area contributed by atoms with E-state index in [0.717, 1.165) is 17.8 Å². The van der Waals surface area contributed by atoms with E-state index in [0.29, 0.717) is 10.0 Å². The van der Waals surface area contributed by atoms with E-state index in [2.05, 4.69) is 17.2 Å². The van der Waals surface area contributed by atoms with E-state index >= 15 is 0 Å². The van der Waals surface area contributed by atoms with Crippen LogP contribution in [0.15, 0.2) is 42.6 Å². The summed E-state index contributed by atoms with van der Waals surface area (Å²) < 4.78 is 0. The average molecular weight is 281 g/mol. The van der Waals surface area contributed by atoms with Crippen LogP contribution in [-0.4, -0.2) is 4.98 Å². The van der Waals surface area contributed by atoms with Crippen LogP contribution in [0.2, 0.25) is 10.0 Å². The molecule has 2 nitrogen and oxygen atoms in total. The van der Waals surface area contributed by atoms with Crippen molar-refractivity contribution in [2.45, 2.75) is 19.5 Å². The van der Waals surface area contributed by atoms with Crippen LogP contribution in [0.1, 0.15) is 24.2 Å². The number of halogens is 2. The van der Waals surface area contributed by atoms with E-state index in [9.17, 15) is 0 Å². The lowest BCUT2D eigenvalue weighted by atomic mass is 10.2. The summed E-state index contributed by atoms with van der Waals surface area (Å²) in [6, 6.07) is 11.8. The molecule has 4 heteroatoms. The van der Waals surface area contributed by atoms with Crippen LogP contribution < -0.4 is 5.32 Å². The largest absolute Gasteiger partial charge is 0.305 e. The first kappa shape index (κ1) is 13.3. The lowest BCUT2D eigenvalue weighted by molar-refractivity contribution is 0.561. The Hall–Kier alpha value is -1.09. The fraction of sp³-hybridized carbons (Fsp3) is 0.214. The zero-order chi connectivity index (χ0) is 13.0. The van der Waals surface area contributed by atoms with Crippen molar-refractivity contribution < 1.29 is 0 Å². The molecule has 0 aliphatic carbocycles. The Bertz CT molecular complexity index is 514. The van der Waals surface area contributed by atoms with Crippen LogP contribution in [0, 0.1) is 0 Å². The molecule has 94 valence electrons.